The third-order valence-electron chi connectivity index (χ3n) is 2.41. The molecule has 0 aliphatic carbocycles. The summed E-state index contributed by atoms with van der Waals surface area (Å²) in [5, 5.41) is 0.889. The number of nitrogens with one attached hydrogen (secondary N) is 2. The van der Waals surface area contributed by atoms with Gasteiger partial charge in [-0.3, -0.25) is 20.4 Å². The lowest BCUT2D eigenvalue weighted by molar-refractivity contribution is -0.128. The molecule has 23 heavy (non-hydrogen) atoms. The number of amides is 2. The predicted octanol–water partition coefficient (Wildman–Crippen LogP) is 1.45. The Morgan fingerprint density at radius 3 is 2.52 bits per heavy atom. The van der Waals surface area contributed by atoms with Crippen molar-refractivity contribution < 1.29 is 14.3 Å². The molecular formula is C14H13ClN4O3S. The predicted molar refractivity (Wildman–Crippen MR) is 86.0 cm³/mol. The Morgan fingerprint density at radius 2 is 1.78 bits per heavy atom. The monoisotopic (exact) mass is 352 g/mol. The van der Waals surface area contributed by atoms with Crippen LogP contribution in [-0.2, 0) is 9.59 Å². The van der Waals surface area contributed by atoms with Gasteiger partial charge in [-0.1, -0.05) is 35.5 Å². The molecule has 0 fully saturated rings. The van der Waals surface area contributed by atoms with Crippen molar-refractivity contribution in [1.29, 1.82) is 0 Å². The van der Waals surface area contributed by atoms with Crippen molar-refractivity contribution in [2.75, 3.05) is 12.4 Å². The van der Waals surface area contributed by atoms with Crippen LogP contribution < -0.4 is 15.6 Å². The van der Waals surface area contributed by atoms with Gasteiger partial charge in [-0.2, -0.15) is 0 Å². The lowest BCUT2D eigenvalue weighted by Crippen LogP contribution is -2.44. The minimum Gasteiger partial charge on any atom is -0.482 e. The van der Waals surface area contributed by atoms with Crippen LogP contribution in [0.2, 0.25) is 5.02 Å². The highest BCUT2D eigenvalue weighted by atomic mass is 35.5. The Kier molecular flexibility index (Phi) is 6.64. The molecule has 0 saturated carbocycles. The van der Waals surface area contributed by atoms with E-state index in [4.69, 9.17) is 16.3 Å². The summed E-state index contributed by atoms with van der Waals surface area (Å²) in [4.78, 5) is 31.1. The van der Waals surface area contributed by atoms with E-state index in [9.17, 15) is 9.59 Å². The molecule has 1 aromatic heterocycles. The van der Waals surface area contributed by atoms with Crippen molar-refractivity contribution in [2.45, 2.75) is 5.16 Å². The van der Waals surface area contributed by atoms with Crippen LogP contribution in [0.3, 0.4) is 0 Å². The molecule has 0 unspecified atom stereocenters. The summed E-state index contributed by atoms with van der Waals surface area (Å²) in [7, 11) is 0. The van der Waals surface area contributed by atoms with Crippen molar-refractivity contribution in [1.82, 2.24) is 20.8 Å². The van der Waals surface area contributed by atoms with Gasteiger partial charge < -0.3 is 4.74 Å². The maximum atomic E-state index is 11.6. The van der Waals surface area contributed by atoms with Crippen molar-refractivity contribution in [3.05, 3.63) is 47.7 Å². The van der Waals surface area contributed by atoms with Crippen LogP contribution in [0.5, 0.6) is 5.75 Å². The maximum absolute atomic E-state index is 11.6. The van der Waals surface area contributed by atoms with Crippen molar-refractivity contribution >= 4 is 35.2 Å². The van der Waals surface area contributed by atoms with Gasteiger partial charge in [0.2, 0.25) is 5.91 Å². The highest BCUT2D eigenvalue weighted by Gasteiger charge is 2.08. The van der Waals surface area contributed by atoms with Crippen molar-refractivity contribution in [3.8, 4) is 5.75 Å². The Labute approximate surface area is 141 Å². The summed E-state index contributed by atoms with van der Waals surface area (Å²) in [6.45, 7) is -0.265. The summed E-state index contributed by atoms with van der Waals surface area (Å²) < 4.78 is 5.24. The second kappa shape index (κ2) is 8.96. The molecule has 0 radical (unpaired) electrons. The van der Waals surface area contributed by atoms with Crippen LogP contribution in [0, 0.1) is 0 Å². The number of rotatable bonds is 6. The van der Waals surface area contributed by atoms with Gasteiger partial charge in [0.05, 0.1) is 10.8 Å². The van der Waals surface area contributed by atoms with Crippen LogP contribution >= 0.6 is 23.4 Å². The normalized spacial score (nSPS) is 9.96. The smallest absolute Gasteiger partial charge is 0.276 e. The van der Waals surface area contributed by atoms with Gasteiger partial charge >= 0.3 is 0 Å². The van der Waals surface area contributed by atoms with Crippen LogP contribution in [0.1, 0.15) is 0 Å². The van der Waals surface area contributed by atoms with E-state index in [0.717, 1.165) is 11.8 Å². The average Bonchev–Trinajstić information content (AvgIpc) is 2.58. The van der Waals surface area contributed by atoms with E-state index in [1.54, 1.807) is 42.7 Å². The fourth-order valence-corrected chi connectivity index (χ4v) is 2.20. The first-order valence-corrected chi connectivity index (χ1v) is 7.86. The number of aromatic nitrogens is 2. The minimum atomic E-state index is -0.501. The second-order valence-corrected chi connectivity index (χ2v) is 5.49. The van der Waals surface area contributed by atoms with Gasteiger partial charge in [-0.25, -0.2) is 9.97 Å². The number of hydrogen-bond donors (Lipinski definition) is 2. The van der Waals surface area contributed by atoms with Crippen LogP contribution in [-0.4, -0.2) is 34.1 Å². The first kappa shape index (κ1) is 17.0. The number of carbonyl (C=O) groups excluding carboxylic acids is 2. The standard InChI is InChI=1S/C14H13ClN4O3S/c15-10-4-1-2-5-11(10)22-8-12(20)18-19-13(21)9-23-14-16-6-3-7-17-14/h1-7H,8-9H2,(H,18,20)(H,19,21). The molecule has 2 aromatic rings. The van der Waals surface area contributed by atoms with Gasteiger partial charge in [-0.05, 0) is 18.2 Å². The lowest BCUT2D eigenvalue weighted by Gasteiger charge is -2.09. The average molecular weight is 353 g/mol. The van der Waals surface area contributed by atoms with Crippen LogP contribution in [0.25, 0.3) is 0 Å². The molecular weight excluding hydrogens is 340 g/mol. The molecule has 2 amide bonds. The third kappa shape index (κ3) is 6.13. The SMILES string of the molecule is O=C(COc1ccccc1Cl)NNC(=O)CSc1ncccn1. The van der Waals surface area contributed by atoms with E-state index in [1.165, 1.54) is 0 Å². The van der Waals surface area contributed by atoms with Gasteiger partial charge in [0.15, 0.2) is 11.8 Å². The fraction of sp³-hybridized carbons (Fsp3) is 0.143. The van der Waals surface area contributed by atoms with Crippen molar-refractivity contribution in [2.24, 2.45) is 0 Å². The number of halogens is 1. The molecule has 0 aliphatic rings. The molecule has 0 aliphatic heterocycles. The Hall–Kier alpha value is -2.32. The van der Waals surface area contributed by atoms with Crippen molar-refractivity contribution in [3.63, 3.8) is 0 Å². The minimum absolute atomic E-state index is 0.0790. The number of hydrogen-bond acceptors (Lipinski definition) is 6. The maximum Gasteiger partial charge on any atom is 0.276 e. The molecule has 7 nitrogen and oxygen atoms in total. The van der Waals surface area contributed by atoms with Gasteiger partial charge in [0.25, 0.3) is 5.91 Å². The zero-order chi connectivity index (χ0) is 16.5. The van der Waals surface area contributed by atoms with Gasteiger partial charge in [0.1, 0.15) is 5.75 Å². The summed E-state index contributed by atoms with van der Waals surface area (Å²) in [6, 6.07) is 8.47. The van der Waals surface area contributed by atoms with Crippen LogP contribution in [0.4, 0.5) is 0 Å². The zero-order valence-corrected chi connectivity index (χ0v) is 13.4. The molecule has 9 heteroatoms. The summed E-state index contributed by atoms with van der Waals surface area (Å²) in [5.74, 6) is -0.407. The van der Waals surface area contributed by atoms with E-state index < -0.39 is 5.91 Å². The van der Waals surface area contributed by atoms with E-state index in [1.807, 2.05) is 0 Å². The van der Waals surface area contributed by atoms with E-state index in [0.29, 0.717) is 15.9 Å². The number of ether oxygens (including phenoxy) is 1. The van der Waals surface area contributed by atoms with Gasteiger partial charge in [0, 0.05) is 12.4 Å². The molecule has 0 atom stereocenters. The molecule has 120 valence electrons. The number of thioether (sulfide) groups is 1. The second-order valence-electron chi connectivity index (χ2n) is 4.14. The number of benzene rings is 1. The molecule has 0 saturated heterocycles. The Morgan fingerprint density at radius 1 is 1.09 bits per heavy atom. The number of nitrogens with zero attached hydrogens (tertiary/aromatic N) is 2. The number of para-hydroxylation sites is 1. The quantitative estimate of drug-likeness (QED) is 0.464. The van der Waals surface area contributed by atoms with E-state index in [-0.39, 0.29) is 18.3 Å². The zero-order valence-electron chi connectivity index (χ0n) is 11.9. The summed E-state index contributed by atoms with van der Waals surface area (Å²) >= 11 is 7.05. The highest BCUT2D eigenvalue weighted by molar-refractivity contribution is 7.99. The molecule has 1 aromatic carbocycles. The Bertz CT molecular complexity index is 672. The summed E-state index contributed by atoms with van der Waals surface area (Å²) in [5.41, 5.74) is 4.52. The fourth-order valence-electron chi connectivity index (χ4n) is 1.41. The highest BCUT2D eigenvalue weighted by Crippen LogP contribution is 2.22. The topological polar surface area (TPSA) is 93.2 Å². The molecule has 2 N–H and O–H groups in total. The molecule has 0 bridgehead atoms. The molecule has 1 heterocycles. The van der Waals surface area contributed by atoms with Crippen LogP contribution in [0.15, 0.2) is 47.9 Å². The first-order valence-electron chi connectivity index (χ1n) is 6.50. The Balaban J connectivity index is 1.66. The van der Waals surface area contributed by atoms with E-state index in [2.05, 4.69) is 20.8 Å². The number of carbonyl (C=O) groups is 2. The molecule has 0 spiro atoms. The first-order chi connectivity index (χ1) is 11.1. The summed E-state index contributed by atoms with van der Waals surface area (Å²) in [6.07, 6.45) is 3.17. The largest absolute Gasteiger partial charge is 0.482 e. The third-order valence-corrected chi connectivity index (χ3v) is 3.60. The van der Waals surface area contributed by atoms with E-state index >= 15 is 0 Å². The van der Waals surface area contributed by atoms with Gasteiger partial charge in [-0.15, -0.1) is 0 Å². The number of hydrazine groups is 1. The lowest BCUT2D eigenvalue weighted by atomic mass is 10.3. The molecule has 2 rings (SSSR count).